The summed E-state index contributed by atoms with van der Waals surface area (Å²) in [6, 6.07) is 16.0. The van der Waals surface area contributed by atoms with E-state index in [-0.39, 0.29) is 5.91 Å². The minimum atomic E-state index is 0.111. The molecule has 0 atom stereocenters. The molecular weight excluding hydrogens is 360 g/mol. The van der Waals surface area contributed by atoms with Crippen LogP contribution in [0.1, 0.15) is 30.9 Å². The molecule has 0 bridgehead atoms. The summed E-state index contributed by atoms with van der Waals surface area (Å²) in [6.45, 7) is 6.39. The summed E-state index contributed by atoms with van der Waals surface area (Å²) >= 11 is 6.00. The third-order valence-electron chi connectivity index (χ3n) is 4.92. The van der Waals surface area contributed by atoms with Crippen molar-refractivity contribution in [2.45, 2.75) is 32.9 Å². The van der Waals surface area contributed by atoms with Gasteiger partial charge in [-0.2, -0.15) is 0 Å². The Labute approximate surface area is 166 Å². The van der Waals surface area contributed by atoms with Crippen molar-refractivity contribution in [2.75, 3.05) is 26.2 Å². The SMILES string of the molecule is CC(=O)N1CCCCN(Cc2ccc(Cl)cc2)CCOc2ccccc2C1. The molecule has 1 heterocycles. The Morgan fingerprint density at radius 1 is 1.04 bits per heavy atom. The molecule has 27 heavy (non-hydrogen) atoms. The molecule has 2 aromatic carbocycles. The van der Waals surface area contributed by atoms with Crippen LogP contribution >= 0.6 is 11.6 Å². The summed E-state index contributed by atoms with van der Waals surface area (Å²) < 4.78 is 6.07. The maximum Gasteiger partial charge on any atom is 0.219 e. The molecule has 1 amide bonds. The minimum absolute atomic E-state index is 0.111. The molecule has 0 aromatic heterocycles. The summed E-state index contributed by atoms with van der Waals surface area (Å²) in [5.74, 6) is 0.982. The number of hydrogen-bond donors (Lipinski definition) is 0. The highest BCUT2D eigenvalue weighted by molar-refractivity contribution is 6.30. The van der Waals surface area contributed by atoms with Crippen molar-refractivity contribution in [1.29, 1.82) is 0 Å². The number of benzene rings is 2. The lowest BCUT2D eigenvalue weighted by atomic mass is 10.1. The van der Waals surface area contributed by atoms with Gasteiger partial charge in [-0.3, -0.25) is 9.69 Å². The molecule has 3 rings (SSSR count). The standard InChI is InChI=1S/C22H27ClN2O2/c1-18(26)25-13-5-4-12-24(16-19-8-10-21(23)11-9-19)14-15-27-22-7-3-2-6-20(22)17-25/h2-3,6-11H,4-5,12-17H2,1H3. The molecule has 1 aliphatic heterocycles. The fraction of sp³-hybridized carbons (Fsp3) is 0.409. The highest BCUT2D eigenvalue weighted by Crippen LogP contribution is 2.21. The molecule has 1 aliphatic rings. The second-order valence-electron chi connectivity index (χ2n) is 7.01. The van der Waals surface area contributed by atoms with Gasteiger partial charge in [0.05, 0.1) is 0 Å². The van der Waals surface area contributed by atoms with Gasteiger partial charge in [0.2, 0.25) is 5.91 Å². The summed E-state index contributed by atoms with van der Waals surface area (Å²) in [4.78, 5) is 16.3. The molecule has 0 saturated heterocycles. The molecule has 0 aliphatic carbocycles. The number of para-hydroxylation sites is 1. The van der Waals surface area contributed by atoms with Crippen LogP contribution in [0.4, 0.5) is 0 Å². The van der Waals surface area contributed by atoms with Crippen molar-refractivity contribution in [2.24, 2.45) is 0 Å². The van der Waals surface area contributed by atoms with Crippen molar-refractivity contribution >= 4 is 17.5 Å². The van der Waals surface area contributed by atoms with E-state index in [2.05, 4.69) is 17.0 Å². The molecule has 0 radical (unpaired) electrons. The smallest absolute Gasteiger partial charge is 0.219 e. The number of nitrogens with zero attached hydrogens (tertiary/aromatic N) is 2. The summed E-state index contributed by atoms with van der Waals surface area (Å²) in [6.07, 6.45) is 2.05. The Hall–Kier alpha value is -2.04. The van der Waals surface area contributed by atoms with Crippen molar-refractivity contribution in [3.63, 3.8) is 0 Å². The number of carbonyl (C=O) groups is 1. The average molecular weight is 387 g/mol. The average Bonchev–Trinajstić information content (AvgIpc) is 2.65. The van der Waals surface area contributed by atoms with Crippen LogP contribution in [0.3, 0.4) is 0 Å². The molecular formula is C22H27ClN2O2. The third kappa shape index (κ3) is 5.98. The largest absolute Gasteiger partial charge is 0.492 e. The monoisotopic (exact) mass is 386 g/mol. The Balaban J connectivity index is 1.71. The Bertz CT molecular complexity index is 748. The van der Waals surface area contributed by atoms with Gasteiger partial charge in [-0.05, 0) is 43.1 Å². The molecule has 5 heteroatoms. The van der Waals surface area contributed by atoms with E-state index in [1.807, 2.05) is 41.3 Å². The molecule has 4 nitrogen and oxygen atoms in total. The first-order chi connectivity index (χ1) is 13.1. The number of hydrogen-bond acceptors (Lipinski definition) is 3. The van der Waals surface area contributed by atoms with Gasteiger partial charge in [-0.15, -0.1) is 0 Å². The highest BCUT2D eigenvalue weighted by atomic mass is 35.5. The van der Waals surface area contributed by atoms with Crippen LogP contribution in [0.15, 0.2) is 48.5 Å². The van der Waals surface area contributed by atoms with E-state index in [1.54, 1.807) is 6.92 Å². The number of rotatable bonds is 2. The molecule has 0 spiro atoms. The number of ether oxygens (including phenoxy) is 1. The normalized spacial score (nSPS) is 16.6. The van der Waals surface area contributed by atoms with E-state index in [0.29, 0.717) is 13.2 Å². The fourth-order valence-electron chi connectivity index (χ4n) is 3.37. The predicted octanol–water partition coefficient (Wildman–Crippen LogP) is 4.36. The van der Waals surface area contributed by atoms with Crippen molar-refractivity contribution < 1.29 is 9.53 Å². The van der Waals surface area contributed by atoms with Crippen molar-refractivity contribution in [3.05, 3.63) is 64.7 Å². The van der Waals surface area contributed by atoms with Gasteiger partial charge in [0.15, 0.2) is 0 Å². The van der Waals surface area contributed by atoms with Crippen molar-refractivity contribution in [1.82, 2.24) is 9.80 Å². The summed E-state index contributed by atoms with van der Waals surface area (Å²) in [7, 11) is 0. The van der Waals surface area contributed by atoms with E-state index in [4.69, 9.17) is 16.3 Å². The van der Waals surface area contributed by atoms with Crippen LogP contribution in [0.25, 0.3) is 0 Å². The molecule has 0 unspecified atom stereocenters. The first kappa shape index (κ1) is 19.7. The Morgan fingerprint density at radius 2 is 1.78 bits per heavy atom. The van der Waals surface area contributed by atoms with Crippen LogP contribution in [0.2, 0.25) is 5.02 Å². The van der Waals surface area contributed by atoms with Crippen LogP contribution < -0.4 is 4.74 Å². The van der Waals surface area contributed by atoms with Gasteiger partial charge < -0.3 is 9.64 Å². The lowest BCUT2D eigenvalue weighted by Gasteiger charge is -2.27. The Morgan fingerprint density at radius 3 is 2.56 bits per heavy atom. The lowest BCUT2D eigenvalue weighted by Crippen LogP contribution is -2.33. The van der Waals surface area contributed by atoms with Crippen molar-refractivity contribution in [3.8, 4) is 5.75 Å². The van der Waals surface area contributed by atoms with E-state index < -0.39 is 0 Å². The fourth-order valence-corrected chi connectivity index (χ4v) is 3.50. The third-order valence-corrected chi connectivity index (χ3v) is 5.17. The number of amides is 1. The zero-order valence-corrected chi connectivity index (χ0v) is 16.6. The quantitative estimate of drug-likeness (QED) is 0.768. The second-order valence-corrected chi connectivity index (χ2v) is 7.44. The molecule has 0 fully saturated rings. The zero-order valence-electron chi connectivity index (χ0n) is 15.9. The van der Waals surface area contributed by atoms with Crippen LogP contribution in [0, 0.1) is 0 Å². The maximum absolute atomic E-state index is 12.0. The van der Waals surface area contributed by atoms with Crippen LogP contribution in [-0.2, 0) is 17.9 Å². The first-order valence-corrected chi connectivity index (χ1v) is 9.92. The number of fused-ring (bicyclic) bond motifs is 1. The van der Waals surface area contributed by atoms with Gasteiger partial charge >= 0.3 is 0 Å². The Kier molecular flexibility index (Phi) is 7.13. The number of halogens is 1. The second kappa shape index (κ2) is 9.77. The van der Waals surface area contributed by atoms with E-state index in [0.717, 1.165) is 55.4 Å². The van der Waals surface area contributed by atoms with Crippen LogP contribution in [0.5, 0.6) is 5.75 Å². The summed E-state index contributed by atoms with van der Waals surface area (Å²) in [5.41, 5.74) is 2.31. The summed E-state index contributed by atoms with van der Waals surface area (Å²) in [5, 5.41) is 0.761. The first-order valence-electron chi connectivity index (χ1n) is 9.55. The minimum Gasteiger partial charge on any atom is -0.492 e. The molecule has 0 saturated carbocycles. The van der Waals surface area contributed by atoms with Gasteiger partial charge in [-0.25, -0.2) is 0 Å². The van der Waals surface area contributed by atoms with Gasteiger partial charge in [0.1, 0.15) is 12.4 Å². The van der Waals surface area contributed by atoms with E-state index >= 15 is 0 Å². The van der Waals surface area contributed by atoms with E-state index in [1.165, 1.54) is 5.56 Å². The molecule has 2 aromatic rings. The highest BCUT2D eigenvalue weighted by Gasteiger charge is 2.15. The van der Waals surface area contributed by atoms with Gasteiger partial charge in [0.25, 0.3) is 0 Å². The topological polar surface area (TPSA) is 32.8 Å². The maximum atomic E-state index is 12.0. The van der Waals surface area contributed by atoms with E-state index in [9.17, 15) is 4.79 Å². The molecule has 0 N–H and O–H groups in total. The van der Waals surface area contributed by atoms with Gasteiger partial charge in [0, 0.05) is 43.7 Å². The predicted molar refractivity (Wildman–Crippen MR) is 109 cm³/mol. The molecule has 144 valence electrons. The lowest BCUT2D eigenvalue weighted by molar-refractivity contribution is -0.129. The van der Waals surface area contributed by atoms with Crippen LogP contribution in [-0.4, -0.2) is 41.9 Å². The number of carbonyl (C=O) groups excluding carboxylic acids is 1. The zero-order chi connectivity index (χ0) is 19.1. The van der Waals surface area contributed by atoms with Gasteiger partial charge in [-0.1, -0.05) is 41.9 Å².